The Morgan fingerprint density at radius 3 is 2.44 bits per heavy atom. The predicted octanol–water partition coefficient (Wildman–Crippen LogP) is 7.42. The number of halogens is 3. The molecule has 18 heteroatoms. The summed E-state index contributed by atoms with van der Waals surface area (Å²) in [5.41, 5.74) is 0.320. The normalized spacial score (nSPS) is 16.1. The molecule has 316 valence electrons. The number of pyridine rings is 1. The SMILES string of the molecule is COc1cc(-c2noc(CCCN(C)[C@H]3CC[C@H](OC(C(=O)O)(c4cccs4)c4cccs4)CC3)n2)c(Cl)cc1CNC[C@H](O)c1ccc(O)c2[nH]c(=O)ccc12.F.F. The van der Waals surface area contributed by atoms with Gasteiger partial charge in [0.15, 0.2) is 0 Å². The van der Waals surface area contributed by atoms with E-state index in [-0.39, 0.29) is 38.9 Å². The minimum absolute atomic E-state index is 0. The van der Waals surface area contributed by atoms with Crippen LogP contribution in [0, 0.1) is 0 Å². The highest BCUT2D eigenvalue weighted by atomic mass is 35.5. The average Bonchev–Trinajstić information content (AvgIpc) is 4.03. The number of hydrogen-bond acceptors (Lipinski definition) is 13. The van der Waals surface area contributed by atoms with Crippen molar-refractivity contribution in [2.45, 2.75) is 68.9 Å². The molecule has 1 aliphatic carbocycles. The Labute approximate surface area is 351 Å². The molecule has 0 bridgehead atoms. The lowest BCUT2D eigenvalue weighted by molar-refractivity contribution is -0.170. The Morgan fingerprint density at radius 2 is 1.80 bits per heavy atom. The fraction of sp³-hybridized carbons (Fsp3) is 0.366. The van der Waals surface area contributed by atoms with Crippen LogP contribution in [-0.2, 0) is 28.1 Å². The van der Waals surface area contributed by atoms with E-state index in [0.29, 0.717) is 67.8 Å². The van der Waals surface area contributed by atoms with Gasteiger partial charge in [0, 0.05) is 48.1 Å². The van der Waals surface area contributed by atoms with Crippen molar-refractivity contribution < 1.29 is 43.5 Å². The highest BCUT2D eigenvalue weighted by Gasteiger charge is 2.48. The van der Waals surface area contributed by atoms with E-state index in [0.717, 1.165) is 44.2 Å². The Bertz CT molecular complexity index is 2320. The molecule has 6 aromatic rings. The number of hydrogen-bond donors (Lipinski definition) is 5. The molecule has 5 N–H and O–H groups in total. The highest BCUT2D eigenvalue weighted by Crippen LogP contribution is 2.42. The molecule has 1 atom stereocenters. The van der Waals surface area contributed by atoms with Crippen molar-refractivity contribution in [2.75, 3.05) is 27.2 Å². The monoisotopic (exact) mass is 873 g/mol. The first kappa shape index (κ1) is 45.3. The molecule has 0 unspecified atom stereocenters. The van der Waals surface area contributed by atoms with Gasteiger partial charge in [0.25, 0.3) is 0 Å². The second-order valence-electron chi connectivity index (χ2n) is 14.2. The largest absolute Gasteiger partial charge is 0.506 e. The number of benzene rings is 2. The van der Waals surface area contributed by atoms with E-state index in [1.54, 1.807) is 31.4 Å². The zero-order chi connectivity index (χ0) is 40.1. The van der Waals surface area contributed by atoms with E-state index < -0.39 is 17.7 Å². The molecule has 0 radical (unpaired) electrons. The number of carbonyl (C=O) groups is 1. The number of aliphatic hydroxyl groups is 1. The molecule has 1 aliphatic rings. The number of phenolic OH excluding ortho intramolecular Hbond substituents is 1. The second-order valence-corrected chi connectivity index (χ2v) is 16.5. The van der Waals surface area contributed by atoms with Gasteiger partial charge in [0.2, 0.25) is 22.9 Å². The molecule has 0 saturated heterocycles. The predicted molar refractivity (Wildman–Crippen MR) is 224 cm³/mol. The quantitative estimate of drug-likeness (QED) is 0.0613. The molecule has 59 heavy (non-hydrogen) atoms. The molecule has 0 spiro atoms. The number of H-pyrrole nitrogens is 1. The maximum absolute atomic E-state index is 12.8. The Kier molecular flexibility index (Phi) is 15.4. The number of aromatic hydroxyl groups is 1. The fourth-order valence-corrected chi connectivity index (χ4v) is 9.62. The summed E-state index contributed by atoms with van der Waals surface area (Å²) in [5, 5.41) is 43.8. The lowest BCUT2D eigenvalue weighted by Crippen LogP contribution is -2.44. The molecule has 7 rings (SSSR count). The summed E-state index contributed by atoms with van der Waals surface area (Å²) in [5.74, 6) is 0.359. The Morgan fingerprint density at radius 1 is 1.08 bits per heavy atom. The molecular formula is C41H46ClF2N5O8S2. The minimum atomic E-state index is -1.49. The van der Waals surface area contributed by atoms with Gasteiger partial charge >= 0.3 is 5.97 Å². The van der Waals surface area contributed by atoms with E-state index in [1.807, 2.05) is 35.0 Å². The summed E-state index contributed by atoms with van der Waals surface area (Å²) in [6.45, 7) is 1.34. The zero-order valence-corrected chi connectivity index (χ0v) is 34.6. The van der Waals surface area contributed by atoms with Crippen molar-refractivity contribution in [3.8, 4) is 22.9 Å². The van der Waals surface area contributed by atoms with Crippen molar-refractivity contribution in [3.05, 3.63) is 114 Å². The van der Waals surface area contributed by atoms with Gasteiger partial charge in [0.05, 0.1) is 39.6 Å². The molecule has 13 nitrogen and oxygen atoms in total. The van der Waals surface area contributed by atoms with Gasteiger partial charge in [-0.05, 0) is 98.4 Å². The molecule has 1 saturated carbocycles. The summed E-state index contributed by atoms with van der Waals surface area (Å²) in [4.78, 5) is 35.5. The third-order valence-electron chi connectivity index (χ3n) is 10.5. The van der Waals surface area contributed by atoms with Gasteiger partial charge in [-0.15, -0.1) is 22.7 Å². The number of thiophene rings is 2. The van der Waals surface area contributed by atoms with Crippen molar-refractivity contribution in [1.82, 2.24) is 25.3 Å². The number of carboxylic acids is 1. The lowest BCUT2D eigenvalue weighted by Gasteiger charge is -2.38. The smallest absolute Gasteiger partial charge is 0.347 e. The third-order valence-corrected chi connectivity index (χ3v) is 12.8. The number of carboxylic acid groups (broad SMARTS) is 1. The maximum atomic E-state index is 12.8. The summed E-state index contributed by atoms with van der Waals surface area (Å²) >= 11 is 9.54. The number of aromatic amines is 1. The second kappa shape index (κ2) is 20.0. The van der Waals surface area contributed by atoms with Crippen LogP contribution in [0.4, 0.5) is 9.41 Å². The van der Waals surface area contributed by atoms with Gasteiger partial charge in [-0.1, -0.05) is 35.0 Å². The highest BCUT2D eigenvalue weighted by molar-refractivity contribution is 7.12. The topological polar surface area (TPSA) is 183 Å². The van der Waals surface area contributed by atoms with Gasteiger partial charge in [-0.2, -0.15) is 4.98 Å². The number of nitrogens with zero attached hydrogens (tertiary/aromatic N) is 3. The molecule has 0 aliphatic heterocycles. The number of aliphatic hydroxyl groups excluding tert-OH is 1. The molecule has 4 aromatic heterocycles. The number of aliphatic carboxylic acids is 1. The maximum Gasteiger partial charge on any atom is 0.347 e. The van der Waals surface area contributed by atoms with Crippen molar-refractivity contribution in [3.63, 3.8) is 0 Å². The van der Waals surface area contributed by atoms with Crippen LogP contribution in [0.3, 0.4) is 0 Å². The number of rotatable bonds is 17. The lowest BCUT2D eigenvalue weighted by atomic mass is 9.90. The third kappa shape index (κ3) is 9.84. The van der Waals surface area contributed by atoms with Crippen molar-refractivity contribution >= 4 is 51.1 Å². The molecule has 4 heterocycles. The van der Waals surface area contributed by atoms with Crippen LogP contribution in [0.5, 0.6) is 11.5 Å². The van der Waals surface area contributed by atoms with Crippen LogP contribution in [0.15, 0.2) is 80.7 Å². The first-order chi connectivity index (χ1) is 27.6. The summed E-state index contributed by atoms with van der Waals surface area (Å²) in [7, 11) is 3.68. The van der Waals surface area contributed by atoms with E-state index in [2.05, 4.69) is 32.4 Å². The first-order valence-electron chi connectivity index (χ1n) is 18.7. The number of aromatic nitrogens is 3. The molecule has 2 aromatic carbocycles. The van der Waals surface area contributed by atoms with E-state index >= 15 is 0 Å². The van der Waals surface area contributed by atoms with Gasteiger partial charge in [0.1, 0.15) is 11.5 Å². The number of methoxy groups -OCH3 is 1. The van der Waals surface area contributed by atoms with Crippen LogP contribution >= 0.6 is 34.3 Å². The van der Waals surface area contributed by atoms with E-state index in [4.69, 9.17) is 25.6 Å². The van der Waals surface area contributed by atoms with Gasteiger partial charge in [-0.25, -0.2) is 4.79 Å². The van der Waals surface area contributed by atoms with Crippen LogP contribution in [0.1, 0.15) is 65.0 Å². The average molecular weight is 874 g/mol. The van der Waals surface area contributed by atoms with E-state index in [1.165, 1.54) is 34.8 Å². The van der Waals surface area contributed by atoms with E-state index in [9.17, 15) is 24.9 Å². The number of aryl methyl sites for hydroxylation is 1. The van der Waals surface area contributed by atoms with Crippen molar-refractivity contribution in [1.29, 1.82) is 0 Å². The molecular weight excluding hydrogens is 828 g/mol. The Balaban J connectivity index is 0.00000331. The molecule has 1 fully saturated rings. The molecule has 0 amide bonds. The van der Waals surface area contributed by atoms with Gasteiger partial charge < -0.3 is 44.5 Å². The summed E-state index contributed by atoms with van der Waals surface area (Å²) in [6, 6.07) is 17.3. The Hall–Kier alpha value is -4.75. The minimum Gasteiger partial charge on any atom is -0.506 e. The number of ether oxygens (including phenoxy) is 2. The summed E-state index contributed by atoms with van der Waals surface area (Å²) in [6.07, 6.45) is 3.66. The van der Waals surface area contributed by atoms with Gasteiger partial charge in [-0.3, -0.25) is 14.2 Å². The van der Waals surface area contributed by atoms with Crippen LogP contribution in [0.2, 0.25) is 5.02 Å². The number of phenols is 1. The zero-order valence-electron chi connectivity index (χ0n) is 32.3. The summed E-state index contributed by atoms with van der Waals surface area (Å²) < 4.78 is 17.8. The van der Waals surface area contributed by atoms with Crippen molar-refractivity contribution in [2.24, 2.45) is 0 Å². The van der Waals surface area contributed by atoms with Crippen LogP contribution in [0.25, 0.3) is 22.3 Å². The first-order valence-corrected chi connectivity index (χ1v) is 20.8. The van der Waals surface area contributed by atoms with Crippen LogP contribution in [-0.4, -0.2) is 80.7 Å². The number of fused-ring (bicyclic) bond motifs is 1. The fourth-order valence-electron chi connectivity index (χ4n) is 7.54. The standard InChI is InChI=1S/C41H44ClN5O8S2.2FH/c1-47(25-9-11-26(12-10-25)54-41(40(51)52,34-6-4-18-56-34)35-7-5-19-57-35)17-3-8-37-45-39(46-55-37)29-21-33(53-2)24(20-30(29)42)22-43-23-32(49)27-13-15-31(48)38-28(27)14-16-36(50)44-38;;/h4-7,13-16,18-21,25-26,32,43,48-49H,3,8-12,17,22-23H2,1-2H3,(H,44,50)(H,51,52);2*1H/t25-,26-,32-;;/m0../s1. The number of nitrogens with one attached hydrogen (secondary N) is 2. The van der Waals surface area contributed by atoms with Crippen LogP contribution < -0.4 is 15.6 Å².